The van der Waals surface area contributed by atoms with E-state index in [1.165, 1.54) is 0 Å². The first-order valence-corrected chi connectivity index (χ1v) is 10.5. The highest BCUT2D eigenvalue weighted by Gasteiger charge is 2.32. The lowest BCUT2D eigenvalue weighted by Gasteiger charge is -2.30. The lowest BCUT2D eigenvalue weighted by atomic mass is 9.95. The minimum Gasteiger partial charge on any atom is -0.370 e. The van der Waals surface area contributed by atoms with Crippen molar-refractivity contribution in [2.45, 2.75) is 32.2 Å². The highest BCUT2D eigenvalue weighted by atomic mass is 16.2. The number of nitrogens with one attached hydrogen (secondary N) is 2. The summed E-state index contributed by atoms with van der Waals surface area (Å²) in [5, 5.41) is 1.97. The van der Waals surface area contributed by atoms with Crippen molar-refractivity contribution in [1.29, 1.82) is 0 Å². The van der Waals surface area contributed by atoms with Crippen molar-refractivity contribution in [3.8, 4) is 0 Å². The third-order valence-corrected chi connectivity index (χ3v) is 5.58. The summed E-state index contributed by atoms with van der Waals surface area (Å²) in [6, 6.07) is 15.5. The maximum absolute atomic E-state index is 13.1. The normalized spacial score (nSPS) is 14.6. The number of primary amides is 2. The number of rotatable bonds is 7. The fourth-order valence-electron chi connectivity index (χ4n) is 4.08. The summed E-state index contributed by atoms with van der Waals surface area (Å²) >= 11 is 0. The number of hydrazine groups is 2. The largest absolute Gasteiger partial charge is 0.370 e. The van der Waals surface area contributed by atoms with Crippen LogP contribution in [0.4, 0.5) is 5.69 Å². The van der Waals surface area contributed by atoms with Crippen LogP contribution >= 0.6 is 0 Å². The fraction of sp³-hybridized carbons (Fsp3) is 0.261. The molecule has 2 aliphatic rings. The molecule has 4 rings (SSSR count). The van der Waals surface area contributed by atoms with Crippen molar-refractivity contribution in [3.63, 3.8) is 0 Å². The Balaban J connectivity index is 1.79. The van der Waals surface area contributed by atoms with Crippen molar-refractivity contribution in [1.82, 2.24) is 16.0 Å². The van der Waals surface area contributed by atoms with Crippen LogP contribution in [0.2, 0.25) is 0 Å². The van der Waals surface area contributed by atoms with Crippen LogP contribution in [0.3, 0.4) is 0 Å². The van der Waals surface area contributed by atoms with Crippen LogP contribution < -0.4 is 27.3 Å². The topological polar surface area (TPSA) is 134 Å². The van der Waals surface area contributed by atoms with E-state index in [4.69, 9.17) is 11.5 Å². The quantitative estimate of drug-likeness (QED) is 0.518. The van der Waals surface area contributed by atoms with Crippen molar-refractivity contribution in [2.75, 3.05) is 11.4 Å². The summed E-state index contributed by atoms with van der Waals surface area (Å²) in [5.74, 6) is -1.00. The third-order valence-electron chi connectivity index (χ3n) is 5.58. The molecule has 0 aliphatic carbocycles. The second-order valence-corrected chi connectivity index (χ2v) is 7.80. The van der Waals surface area contributed by atoms with Crippen molar-refractivity contribution in [2.24, 2.45) is 11.5 Å². The predicted octanol–water partition coefficient (Wildman–Crippen LogP) is 1.21. The second-order valence-electron chi connectivity index (χ2n) is 7.80. The van der Waals surface area contributed by atoms with Crippen LogP contribution in [0.15, 0.2) is 48.5 Å². The maximum atomic E-state index is 13.1. The Labute approximate surface area is 186 Å². The van der Waals surface area contributed by atoms with E-state index >= 15 is 0 Å². The minimum absolute atomic E-state index is 0.000536. The molecule has 3 amide bonds. The molecule has 32 heavy (non-hydrogen) atoms. The van der Waals surface area contributed by atoms with Crippen molar-refractivity contribution >= 4 is 34.8 Å². The van der Waals surface area contributed by atoms with Crippen LogP contribution in [0.5, 0.6) is 0 Å². The third kappa shape index (κ3) is 4.28. The molecule has 0 bridgehead atoms. The van der Waals surface area contributed by atoms with Gasteiger partial charge in [-0.25, -0.2) is 0 Å². The Hall–Kier alpha value is -3.85. The number of para-hydroxylation sites is 1. The first-order valence-electron chi connectivity index (χ1n) is 10.5. The molecule has 6 N–H and O–H groups in total. The zero-order chi connectivity index (χ0) is 22.7. The van der Waals surface area contributed by atoms with Crippen molar-refractivity contribution in [3.05, 3.63) is 65.2 Å². The number of anilines is 1. The lowest BCUT2D eigenvalue weighted by molar-refractivity contribution is -0.123. The molecule has 0 saturated heterocycles. The molecule has 0 spiro atoms. The van der Waals surface area contributed by atoms with Gasteiger partial charge in [-0.3, -0.25) is 19.4 Å². The number of amides is 3. The van der Waals surface area contributed by atoms with E-state index < -0.39 is 5.91 Å². The van der Waals surface area contributed by atoms with Gasteiger partial charge in [0.05, 0.1) is 23.6 Å². The molecule has 0 atom stereocenters. The summed E-state index contributed by atoms with van der Waals surface area (Å²) < 4.78 is 0. The van der Waals surface area contributed by atoms with Crippen LogP contribution in [-0.2, 0) is 20.9 Å². The number of carbonyl (C=O) groups is 3. The van der Waals surface area contributed by atoms with Crippen LogP contribution in [0.25, 0.3) is 11.4 Å². The zero-order valence-corrected chi connectivity index (χ0v) is 17.6. The van der Waals surface area contributed by atoms with Gasteiger partial charge in [-0.15, -0.1) is 5.53 Å². The van der Waals surface area contributed by atoms with E-state index in [0.29, 0.717) is 25.9 Å². The summed E-state index contributed by atoms with van der Waals surface area (Å²) in [7, 11) is 0. The molecular formula is C23H26N6O3. The Bertz CT molecular complexity index is 1100. The molecule has 2 aromatic carbocycles. The molecule has 0 radical (unpaired) electrons. The smallest absolute Gasteiger partial charge is 0.227 e. The van der Waals surface area contributed by atoms with E-state index in [1.54, 1.807) is 4.90 Å². The summed E-state index contributed by atoms with van der Waals surface area (Å²) in [4.78, 5) is 37.3. The molecule has 2 aliphatic heterocycles. The minimum atomic E-state index is -0.502. The van der Waals surface area contributed by atoms with Gasteiger partial charge < -0.3 is 21.8 Å². The number of benzene rings is 2. The van der Waals surface area contributed by atoms with E-state index in [2.05, 4.69) is 11.0 Å². The molecule has 2 aromatic rings. The van der Waals surface area contributed by atoms with Gasteiger partial charge in [0.1, 0.15) is 0 Å². The molecule has 0 unspecified atom stereocenters. The number of carbonyl (C=O) groups excluding carboxylic acids is 3. The molecule has 2 heterocycles. The average molecular weight is 435 g/mol. The van der Waals surface area contributed by atoms with Crippen LogP contribution in [0, 0.1) is 0 Å². The standard InChI is InChI=1S/C23H26N6O3/c24-19(30)10-5-13-29-23-16-7-2-1-6-15(16)14-28(21(32)12-11-20(25)31)18-9-4-3-8-17(18)22(23)26-27-29/h1-4,6-9,26-27H,5,10-14H2,(H2,24,30)(H2,25,31). The lowest BCUT2D eigenvalue weighted by Crippen LogP contribution is -2.38. The second kappa shape index (κ2) is 9.11. The van der Waals surface area contributed by atoms with Gasteiger partial charge >= 0.3 is 0 Å². The van der Waals surface area contributed by atoms with Crippen LogP contribution in [0.1, 0.15) is 42.4 Å². The Kier molecular flexibility index (Phi) is 6.09. The highest BCUT2D eigenvalue weighted by molar-refractivity contribution is 6.02. The highest BCUT2D eigenvalue weighted by Crippen LogP contribution is 2.39. The van der Waals surface area contributed by atoms with Gasteiger partial charge in [-0.05, 0) is 18.1 Å². The Morgan fingerprint density at radius 2 is 1.56 bits per heavy atom. The number of nitrogens with two attached hydrogens (primary N) is 2. The van der Waals surface area contributed by atoms with Gasteiger partial charge in [0.25, 0.3) is 0 Å². The Morgan fingerprint density at radius 3 is 2.31 bits per heavy atom. The summed E-state index contributed by atoms with van der Waals surface area (Å²) in [6.45, 7) is 0.934. The zero-order valence-electron chi connectivity index (χ0n) is 17.6. The first kappa shape index (κ1) is 21.4. The van der Waals surface area contributed by atoms with Gasteiger partial charge in [-0.2, -0.15) is 0 Å². The fourth-order valence-corrected chi connectivity index (χ4v) is 4.08. The van der Waals surface area contributed by atoms with Gasteiger partial charge in [-0.1, -0.05) is 42.5 Å². The number of hydrogen-bond acceptors (Lipinski definition) is 6. The maximum Gasteiger partial charge on any atom is 0.227 e. The van der Waals surface area contributed by atoms with E-state index in [0.717, 1.165) is 33.8 Å². The summed E-state index contributed by atoms with van der Waals surface area (Å²) in [5.41, 5.74) is 22.3. The SMILES string of the molecule is NC(=O)CCCN1NNC2=C1c1ccccc1CN(C(=O)CCC(N)=O)c1ccccc12. The molecule has 0 fully saturated rings. The molecule has 0 saturated carbocycles. The molecule has 166 valence electrons. The predicted molar refractivity (Wildman–Crippen MR) is 121 cm³/mol. The van der Waals surface area contributed by atoms with Crippen LogP contribution in [-0.4, -0.2) is 29.3 Å². The molecule has 9 nitrogen and oxygen atoms in total. The number of nitrogens with zero attached hydrogens (tertiary/aromatic N) is 2. The molecular weight excluding hydrogens is 408 g/mol. The van der Waals surface area contributed by atoms with E-state index in [1.807, 2.05) is 53.5 Å². The van der Waals surface area contributed by atoms with E-state index in [-0.39, 0.29) is 24.7 Å². The van der Waals surface area contributed by atoms with E-state index in [9.17, 15) is 14.4 Å². The first-order chi connectivity index (χ1) is 15.5. The monoisotopic (exact) mass is 434 g/mol. The number of hydrogen-bond donors (Lipinski definition) is 4. The Morgan fingerprint density at radius 1 is 0.875 bits per heavy atom. The average Bonchev–Trinajstić information content (AvgIpc) is 3.17. The molecule has 9 heteroatoms. The number of fused-ring (bicyclic) bond motifs is 4. The van der Waals surface area contributed by atoms with Gasteiger partial charge in [0.15, 0.2) is 0 Å². The van der Waals surface area contributed by atoms with Crippen molar-refractivity contribution < 1.29 is 14.4 Å². The summed E-state index contributed by atoms with van der Waals surface area (Å²) in [6.07, 6.45) is 0.937. The van der Waals surface area contributed by atoms with Gasteiger partial charge in [0.2, 0.25) is 17.7 Å². The molecule has 0 aromatic heterocycles. The van der Waals surface area contributed by atoms with Gasteiger partial charge in [0, 0.05) is 36.9 Å².